The van der Waals surface area contributed by atoms with E-state index in [0.29, 0.717) is 19.7 Å². The lowest BCUT2D eigenvalue weighted by Crippen LogP contribution is -2.35. The number of ether oxygens (including phenoxy) is 1. The Bertz CT molecular complexity index is 1410. The number of benzene rings is 2. The van der Waals surface area contributed by atoms with Crippen molar-refractivity contribution in [2.75, 3.05) is 30.9 Å². The number of carboxylic acids is 1. The summed E-state index contributed by atoms with van der Waals surface area (Å²) in [5.41, 5.74) is 5.55. The van der Waals surface area contributed by atoms with Crippen LogP contribution < -0.4 is 14.4 Å². The Hall–Kier alpha value is -3.36. The van der Waals surface area contributed by atoms with Crippen molar-refractivity contribution in [2.24, 2.45) is 0 Å². The van der Waals surface area contributed by atoms with Crippen molar-refractivity contribution in [1.82, 2.24) is 4.72 Å². The van der Waals surface area contributed by atoms with Gasteiger partial charge in [-0.2, -0.15) is 0 Å². The van der Waals surface area contributed by atoms with E-state index < -0.39 is 16.0 Å². The maximum Gasteiger partial charge on any atom is 0.335 e. The second kappa shape index (κ2) is 17.8. The zero-order valence-corrected chi connectivity index (χ0v) is 27.7. The minimum absolute atomic E-state index is 0.208. The van der Waals surface area contributed by atoms with Gasteiger partial charge in [0.1, 0.15) is 12.4 Å². The molecule has 7 nitrogen and oxygen atoms in total. The normalized spacial score (nSPS) is 14.0. The van der Waals surface area contributed by atoms with E-state index in [0.717, 1.165) is 48.1 Å². The van der Waals surface area contributed by atoms with Crippen molar-refractivity contribution in [3.63, 3.8) is 0 Å². The lowest BCUT2D eigenvalue weighted by atomic mass is 9.91. The summed E-state index contributed by atoms with van der Waals surface area (Å²) < 4.78 is 32.4. The predicted molar refractivity (Wildman–Crippen MR) is 181 cm³/mol. The summed E-state index contributed by atoms with van der Waals surface area (Å²) in [6, 6.07) is 13.3. The first-order valence-electron chi connectivity index (χ1n) is 15.9. The van der Waals surface area contributed by atoms with Crippen molar-refractivity contribution in [2.45, 2.75) is 84.6 Å². The molecule has 2 N–H and O–H groups in total. The number of aromatic carboxylic acids is 1. The quantitative estimate of drug-likeness (QED) is 0.154. The highest BCUT2D eigenvalue weighted by molar-refractivity contribution is 7.88. The number of sulfonamides is 1. The summed E-state index contributed by atoms with van der Waals surface area (Å²) in [7, 11) is -3.37. The molecule has 0 aromatic heterocycles. The number of carbonyl (C=O) groups is 1. The van der Waals surface area contributed by atoms with E-state index in [9.17, 15) is 18.3 Å². The minimum atomic E-state index is -3.37. The van der Waals surface area contributed by atoms with Gasteiger partial charge in [0, 0.05) is 25.3 Å². The molecular weight excluding hydrogens is 572 g/mol. The van der Waals surface area contributed by atoms with Crippen LogP contribution in [0.1, 0.15) is 99.5 Å². The van der Waals surface area contributed by atoms with E-state index in [1.165, 1.54) is 43.3 Å². The third kappa shape index (κ3) is 12.3. The van der Waals surface area contributed by atoms with Gasteiger partial charge < -0.3 is 14.7 Å². The summed E-state index contributed by atoms with van der Waals surface area (Å²) in [6.45, 7) is 8.10. The summed E-state index contributed by atoms with van der Waals surface area (Å²) in [4.78, 5) is 14.1. The molecule has 2 aromatic carbocycles. The fourth-order valence-corrected chi connectivity index (χ4v) is 5.92. The van der Waals surface area contributed by atoms with E-state index >= 15 is 0 Å². The van der Waals surface area contributed by atoms with Crippen molar-refractivity contribution in [3.05, 3.63) is 94.6 Å². The van der Waals surface area contributed by atoms with Crippen LogP contribution in [0.15, 0.2) is 77.9 Å². The Balaban J connectivity index is 1.80. The molecule has 8 heteroatoms. The van der Waals surface area contributed by atoms with Gasteiger partial charge in [-0.3, -0.25) is 0 Å². The van der Waals surface area contributed by atoms with E-state index in [2.05, 4.69) is 54.7 Å². The second-order valence-corrected chi connectivity index (χ2v) is 13.7. The van der Waals surface area contributed by atoms with E-state index in [1.807, 2.05) is 30.3 Å². The second-order valence-electron chi connectivity index (χ2n) is 11.9. The van der Waals surface area contributed by atoms with Crippen LogP contribution >= 0.6 is 0 Å². The number of nitrogens with one attached hydrogen (secondary N) is 1. The number of rotatable bonds is 19. The molecule has 2 aromatic rings. The molecule has 0 saturated heterocycles. The average molecular weight is 623 g/mol. The van der Waals surface area contributed by atoms with Crippen LogP contribution in [0.4, 0.5) is 5.69 Å². The van der Waals surface area contributed by atoms with Gasteiger partial charge in [0.15, 0.2) is 0 Å². The number of carboxylic acid groups (broad SMARTS) is 1. The van der Waals surface area contributed by atoms with Crippen molar-refractivity contribution >= 4 is 21.7 Å². The molecule has 0 spiro atoms. The first-order chi connectivity index (χ1) is 21.1. The lowest BCUT2D eigenvalue weighted by Gasteiger charge is -2.30. The van der Waals surface area contributed by atoms with Crippen molar-refractivity contribution in [1.29, 1.82) is 0 Å². The maximum absolute atomic E-state index is 12.0. The van der Waals surface area contributed by atoms with Crippen LogP contribution in [-0.2, 0) is 16.6 Å². The molecule has 0 heterocycles. The van der Waals surface area contributed by atoms with Crippen LogP contribution in [-0.4, -0.2) is 45.4 Å². The molecule has 1 unspecified atom stereocenters. The molecule has 0 aliphatic heterocycles. The van der Waals surface area contributed by atoms with E-state index in [-0.39, 0.29) is 18.0 Å². The van der Waals surface area contributed by atoms with Crippen LogP contribution in [0.5, 0.6) is 5.75 Å². The topological polar surface area (TPSA) is 95.9 Å². The largest absolute Gasteiger partial charge is 0.489 e. The van der Waals surface area contributed by atoms with Gasteiger partial charge in [0.05, 0.1) is 11.8 Å². The molecule has 0 bridgehead atoms. The molecule has 1 atom stereocenters. The summed E-state index contributed by atoms with van der Waals surface area (Å²) in [5.74, 6) is 0.0183. The fourth-order valence-electron chi connectivity index (χ4n) is 5.46. The third-order valence-corrected chi connectivity index (χ3v) is 8.64. The number of nitrogens with zero attached hydrogens (tertiary/aromatic N) is 1. The Morgan fingerprint density at radius 2 is 1.80 bits per heavy atom. The number of hydrogen-bond donors (Lipinski definition) is 2. The molecule has 1 aliphatic carbocycles. The Kier molecular flexibility index (Phi) is 14.2. The monoisotopic (exact) mass is 622 g/mol. The number of hydrogen-bond acceptors (Lipinski definition) is 5. The van der Waals surface area contributed by atoms with Crippen LogP contribution in [0.3, 0.4) is 0 Å². The Morgan fingerprint density at radius 1 is 1.07 bits per heavy atom. The lowest BCUT2D eigenvalue weighted by molar-refractivity contribution is 0.0697. The highest BCUT2D eigenvalue weighted by atomic mass is 32.2. The van der Waals surface area contributed by atoms with Crippen LogP contribution in [0.25, 0.3) is 0 Å². The number of anilines is 1. The van der Waals surface area contributed by atoms with Crippen LogP contribution in [0, 0.1) is 0 Å². The highest BCUT2D eigenvalue weighted by Gasteiger charge is 2.19. The molecule has 0 fully saturated rings. The molecule has 0 radical (unpaired) electrons. The molecule has 44 heavy (non-hydrogen) atoms. The predicted octanol–water partition coefficient (Wildman–Crippen LogP) is 8.01. The van der Waals surface area contributed by atoms with Gasteiger partial charge in [-0.05, 0) is 66.6 Å². The summed E-state index contributed by atoms with van der Waals surface area (Å²) >= 11 is 0. The van der Waals surface area contributed by atoms with E-state index in [1.54, 1.807) is 12.1 Å². The maximum atomic E-state index is 12.0. The Labute approximate surface area is 264 Å². The van der Waals surface area contributed by atoms with Gasteiger partial charge in [-0.1, -0.05) is 100 Å². The SMILES string of the molecule is CCCCCCCCC(C)c1ccc(C(=O)O)cc1N(CCNS(C)(=O)=O)Cc1ccc(OCC2=CC(C)=CC=CC2)cc1. The standard InChI is InChI=1S/C36H50N2O5S/c1-5-6-7-8-9-10-14-29(3)34-21-18-32(36(39)40)25-35(34)38(23-22-37-44(4,41)42)26-30-16-19-33(20-17-30)43-27-31-15-12-11-13-28(2)24-31/h11-13,16-21,24-25,29,37H,5-10,14-15,22-23,26-27H2,1-4H3,(H,39,40). The molecule has 240 valence electrons. The van der Waals surface area contributed by atoms with Gasteiger partial charge >= 0.3 is 5.97 Å². The average Bonchev–Trinajstić information content (AvgIpc) is 3.20. The third-order valence-electron chi connectivity index (χ3n) is 7.91. The van der Waals surface area contributed by atoms with Crippen molar-refractivity contribution in [3.8, 4) is 5.75 Å². The first kappa shape index (κ1) is 35.1. The van der Waals surface area contributed by atoms with Crippen molar-refractivity contribution < 1.29 is 23.1 Å². The number of allylic oxidation sites excluding steroid dienone is 5. The fraction of sp³-hybridized carbons (Fsp3) is 0.472. The van der Waals surface area contributed by atoms with Gasteiger partial charge in [-0.25, -0.2) is 17.9 Å². The van der Waals surface area contributed by atoms with Gasteiger partial charge in [-0.15, -0.1) is 0 Å². The Morgan fingerprint density at radius 3 is 2.50 bits per heavy atom. The zero-order chi connectivity index (χ0) is 32.0. The van der Waals surface area contributed by atoms with Gasteiger partial charge in [0.2, 0.25) is 10.0 Å². The minimum Gasteiger partial charge on any atom is -0.489 e. The molecule has 0 saturated carbocycles. The molecule has 0 amide bonds. The number of unbranched alkanes of at least 4 members (excludes halogenated alkanes) is 5. The summed E-state index contributed by atoms with van der Waals surface area (Å²) in [6.07, 6.45) is 18.8. The first-order valence-corrected chi connectivity index (χ1v) is 17.8. The molecule has 1 aliphatic rings. The highest BCUT2D eigenvalue weighted by Crippen LogP contribution is 2.33. The summed E-state index contributed by atoms with van der Waals surface area (Å²) in [5, 5.41) is 9.81. The van der Waals surface area contributed by atoms with E-state index in [4.69, 9.17) is 4.74 Å². The van der Waals surface area contributed by atoms with Gasteiger partial charge in [0.25, 0.3) is 0 Å². The van der Waals surface area contributed by atoms with Crippen LogP contribution in [0.2, 0.25) is 0 Å². The molecule has 3 rings (SSSR count). The zero-order valence-electron chi connectivity index (χ0n) is 26.8. The molecular formula is C36H50N2O5S. The smallest absolute Gasteiger partial charge is 0.335 e.